The molecule has 0 saturated heterocycles. The minimum atomic E-state index is -1.08. The third-order valence-corrected chi connectivity index (χ3v) is 7.16. The summed E-state index contributed by atoms with van der Waals surface area (Å²) < 4.78 is 18.6. The first kappa shape index (κ1) is 26.4. The van der Waals surface area contributed by atoms with E-state index in [2.05, 4.69) is 20.9 Å². The number of para-hydroxylation sites is 1. The van der Waals surface area contributed by atoms with Crippen molar-refractivity contribution in [1.29, 1.82) is 0 Å². The smallest absolute Gasteiger partial charge is 0.341 e. The first-order chi connectivity index (χ1) is 17.7. The van der Waals surface area contributed by atoms with Crippen molar-refractivity contribution in [3.8, 4) is 11.5 Å². The Balaban J connectivity index is 1.87. The van der Waals surface area contributed by atoms with Crippen LogP contribution in [0.3, 0.4) is 0 Å². The van der Waals surface area contributed by atoms with Crippen LogP contribution in [0.1, 0.15) is 31.0 Å². The molecular formula is C26H23BrN2O7S. The number of carbonyl (C=O) groups excluding carboxylic acids is 1. The van der Waals surface area contributed by atoms with Gasteiger partial charge in [-0.3, -0.25) is 9.36 Å². The molecule has 0 spiro atoms. The Morgan fingerprint density at radius 3 is 2.65 bits per heavy atom. The molecule has 0 unspecified atom stereocenters. The highest BCUT2D eigenvalue weighted by atomic mass is 79.9. The molecule has 1 N–H and O–H groups in total. The minimum absolute atomic E-state index is 0.180. The maximum absolute atomic E-state index is 13.7. The van der Waals surface area contributed by atoms with E-state index in [1.165, 1.54) is 23.0 Å². The van der Waals surface area contributed by atoms with E-state index in [1.807, 2.05) is 18.2 Å². The number of esters is 1. The SMILES string of the molecule is CCOC(=O)C1=C(C)N=c2s/c(=C/c3ccc(OCC(=O)O)c(Br)c3)c(=O)n2[C@H]1c1ccccc1OC. The van der Waals surface area contributed by atoms with Crippen molar-refractivity contribution in [3.05, 3.63) is 89.0 Å². The molecule has 4 rings (SSSR count). The molecule has 0 fully saturated rings. The van der Waals surface area contributed by atoms with E-state index >= 15 is 0 Å². The molecule has 3 aromatic rings. The number of allylic oxidation sites excluding steroid dienone is 1. The monoisotopic (exact) mass is 586 g/mol. The fourth-order valence-corrected chi connectivity index (χ4v) is 5.55. The van der Waals surface area contributed by atoms with Crippen molar-refractivity contribution >= 4 is 45.3 Å². The number of carboxylic acids is 1. The molecule has 192 valence electrons. The van der Waals surface area contributed by atoms with Crippen LogP contribution >= 0.6 is 27.3 Å². The highest BCUT2D eigenvalue weighted by molar-refractivity contribution is 9.10. The number of rotatable bonds is 8. The number of carboxylic acid groups (broad SMARTS) is 1. The molecule has 1 aliphatic rings. The van der Waals surface area contributed by atoms with Gasteiger partial charge in [0.05, 0.1) is 34.0 Å². The lowest BCUT2D eigenvalue weighted by Crippen LogP contribution is -2.40. The van der Waals surface area contributed by atoms with Crippen LogP contribution in [0.4, 0.5) is 0 Å². The summed E-state index contributed by atoms with van der Waals surface area (Å²) in [5.41, 5.74) is 1.74. The largest absolute Gasteiger partial charge is 0.496 e. The van der Waals surface area contributed by atoms with E-state index in [0.29, 0.717) is 42.1 Å². The third kappa shape index (κ3) is 5.37. The molecule has 9 nitrogen and oxygen atoms in total. The van der Waals surface area contributed by atoms with Crippen molar-refractivity contribution in [1.82, 2.24) is 4.57 Å². The molecule has 2 heterocycles. The average Bonchev–Trinajstić information content (AvgIpc) is 3.16. The van der Waals surface area contributed by atoms with Crippen molar-refractivity contribution < 1.29 is 28.9 Å². The zero-order valence-electron chi connectivity index (χ0n) is 20.2. The van der Waals surface area contributed by atoms with Gasteiger partial charge in [0.1, 0.15) is 17.5 Å². The molecule has 0 aliphatic carbocycles. The molecule has 37 heavy (non-hydrogen) atoms. The molecule has 0 radical (unpaired) electrons. The Kier molecular flexibility index (Phi) is 7.94. The molecule has 1 aromatic heterocycles. The van der Waals surface area contributed by atoms with Crippen LogP contribution < -0.4 is 24.4 Å². The Hall–Kier alpha value is -3.70. The molecule has 11 heteroatoms. The van der Waals surface area contributed by atoms with Crippen LogP contribution in [0.15, 0.2) is 68.0 Å². The third-order valence-electron chi connectivity index (χ3n) is 5.56. The second-order valence-electron chi connectivity index (χ2n) is 7.92. The summed E-state index contributed by atoms with van der Waals surface area (Å²) in [4.78, 5) is 42.6. The van der Waals surface area contributed by atoms with Gasteiger partial charge in [0, 0.05) is 5.56 Å². The van der Waals surface area contributed by atoms with E-state index in [4.69, 9.17) is 19.3 Å². The maximum atomic E-state index is 13.7. The number of halogens is 1. The number of benzene rings is 2. The Bertz CT molecular complexity index is 1590. The predicted molar refractivity (Wildman–Crippen MR) is 141 cm³/mol. The van der Waals surface area contributed by atoms with Crippen LogP contribution in [-0.2, 0) is 14.3 Å². The number of ether oxygens (including phenoxy) is 3. The van der Waals surface area contributed by atoms with Crippen LogP contribution in [0.5, 0.6) is 11.5 Å². The van der Waals surface area contributed by atoms with Crippen LogP contribution in [0.2, 0.25) is 0 Å². The van der Waals surface area contributed by atoms with Gasteiger partial charge in [0.25, 0.3) is 5.56 Å². The lowest BCUT2D eigenvalue weighted by molar-refractivity contribution is -0.140. The van der Waals surface area contributed by atoms with Gasteiger partial charge in [-0.1, -0.05) is 35.6 Å². The summed E-state index contributed by atoms with van der Waals surface area (Å²) in [6.45, 7) is 3.15. The van der Waals surface area contributed by atoms with E-state index in [9.17, 15) is 14.4 Å². The first-order valence-corrected chi connectivity index (χ1v) is 12.8. The molecule has 1 aliphatic heterocycles. The van der Waals surface area contributed by atoms with Gasteiger partial charge in [0.15, 0.2) is 11.4 Å². The number of fused-ring (bicyclic) bond motifs is 1. The highest BCUT2D eigenvalue weighted by Gasteiger charge is 2.34. The fraction of sp³-hybridized carbons (Fsp3) is 0.231. The van der Waals surface area contributed by atoms with Crippen LogP contribution in [0.25, 0.3) is 6.08 Å². The van der Waals surface area contributed by atoms with Crippen molar-refractivity contribution in [2.45, 2.75) is 19.9 Å². The normalized spacial score (nSPS) is 15.1. The number of hydrogen-bond donors (Lipinski definition) is 1. The van der Waals surface area contributed by atoms with Gasteiger partial charge in [-0.05, 0) is 59.6 Å². The maximum Gasteiger partial charge on any atom is 0.341 e. The van der Waals surface area contributed by atoms with E-state index in [0.717, 1.165) is 0 Å². The van der Waals surface area contributed by atoms with Gasteiger partial charge < -0.3 is 19.3 Å². The standard InChI is InChI=1S/C26H23BrN2O7S/c1-4-35-25(33)22-14(2)28-26-29(23(22)16-7-5-6-8-18(16)34-3)24(32)20(37-26)12-15-9-10-19(17(27)11-15)36-13-21(30)31/h5-12,23H,4,13H2,1-3H3,(H,30,31)/b20-12+/t23-/m0/s1. The summed E-state index contributed by atoms with van der Waals surface area (Å²) in [7, 11) is 1.53. The Morgan fingerprint density at radius 1 is 1.22 bits per heavy atom. The summed E-state index contributed by atoms with van der Waals surface area (Å²) in [6, 6.07) is 11.5. The summed E-state index contributed by atoms with van der Waals surface area (Å²) in [5, 5.41) is 8.83. The van der Waals surface area contributed by atoms with E-state index in [-0.39, 0.29) is 17.7 Å². The van der Waals surface area contributed by atoms with Crippen molar-refractivity contribution in [2.24, 2.45) is 4.99 Å². The average molecular weight is 587 g/mol. The lowest BCUT2D eigenvalue weighted by atomic mass is 9.95. The van der Waals surface area contributed by atoms with Gasteiger partial charge >= 0.3 is 11.9 Å². The van der Waals surface area contributed by atoms with Gasteiger partial charge in [-0.15, -0.1) is 0 Å². The van der Waals surface area contributed by atoms with Crippen LogP contribution in [0, 0.1) is 0 Å². The Labute approximate surface area is 224 Å². The quantitative estimate of drug-likeness (QED) is 0.403. The van der Waals surface area contributed by atoms with Gasteiger partial charge in [-0.2, -0.15) is 0 Å². The number of hydrogen-bond acceptors (Lipinski definition) is 8. The van der Waals surface area contributed by atoms with Crippen LogP contribution in [-0.4, -0.2) is 41.9 Å². The molecule has 0 bridgehead atoms. The number of thiazole rings is 1. The number of aliphatic carboxylic acids is 1. The molecule has 1 atom stereocenters. The topological polar surface area (TPSA) is 116 Å². The number of aromatic nitrogens is 1. The number of nitrogens with zero attached hydrogens (tertiary/aromatic N) is 2. The van der Waals surface area contributed by atoms with E-state index in [1.54, 1.807) is 44.2 Å². The van der Waals surface area contributed by atoms with Crippen molar-refractivity contribution in [2.75, 3.05) is 20.3 Å². The lowest BCUT2D eigenvalue weighted by Gasteiger charge is -2.25. The summed E-state index contributed by atoms with van der Waals surface area (Å²) in [5.74, 6) is -0.736. The minimum Gasteiger partial charge on any atom is -0.496 e. The Morgan fingerprint density at radius 2 is 1.97 bits per heavy atom. The predicted octanol–water partition coefficient (Wildman–Crippen LogP) is 3.03. The summed E-state index contributed by atoms with van der Waals surface area (Å²) >= 11 is 4.58. The second-order valence-corrected chi connectivity index (χ2v) is 9.78. The highest BCUT2D eigenvalue weighted by Crippen LogP contribution is 2.35. The second kappa shape index (κ2) is 11.1. The number of methoxy groups -OCH3 is 1. The van der Waals surface area contributed by atoms with E-state index < -0.39 is 24.6 Å². The van der Waals surface area contributed by atoms with Gasteiger partial charge in [-0.25, -0.2) is 14.6 Å². The molecule has 0 amide bonds. The number of carbonyl (C=O) groups is 2. The zero-order chi connectivity index (χ0) is 26.7. The first-order valence-electron chi connectivity index (χ1n) is 11.2. The molecule has 0 saturated carbocycles. The molecular weight excluding hydrogens is 564 g/mol. The summed E-state index contributed by atoms with van der Waals surface area (Å²) in [6.07, 6.45) is 1.71. The van der Waals surface area contributed by atoms with Gasteiger partial charge in [0.2, 0.25) is 0 Å². The zero-order valence-corrected chi connectivity index (χ0v) is 22.6. The van der Waals surface area contributed by atoms with Crippen molar-refractivity contribution in [3.63, 3.8) is 0 Å². The fourth-order valence-electron chi connectivity index (χ4n) is 3.99. The molecule has 2 aromatic carbocycles.